The molecule has 0 saturated heterocycles. The molecule has 2 aromatic rings. The third-order valence-electron chi connectivity index (χ3n) is 4.02. The molecule has 0 bridgehead atoms. The maximum Gasteiger partial charge on any atom is 0.244 e. The van der Waals surface area contributed by atoms with Crippen LogP contribution in [0.1, 0.15) is 19.4 Å². The standard InChI is InChI=1S/C19H20N2O4/c1-3-14-6-4-5-7-16(14)20-19(23)11-21(13(2)22)15-8-9-17-18(10-15)25-12-24-17/h4-10H,3,11-12H2,1-2H3,(H,20,23). The van der Waals surface area contributed by atoms with Crippen molar-refractivity contribution in [2.75, 3.05) is 23.6 Å². The number of para-hydroxylation sites is 1. The Bertz CT molecular complexity index is 804. The van der Waals surface area contributed by atoms with Gasteiger partial charge in [-0.3, -0.25) is 9.59 Å². The van der Waals surface area contributed by atoms with Gasteiger partial charge in [0, 0.05) is 24.4 Å². The van der Waals surface area contributed by atoms with Crippen LogP contribution in [0.5, 0.6) is 11.5 Å². The molecule has 0 radical (unpaired) electrons. The Morgan fingerprint density at radius 2 is 1.88 bits per heavy atom. The summed E-state index contributed by atoms with van der Waals surface area (Å²) >= 11 is 0. The van der Waals surface area contributed by atoms with Crippen molar-refractivity contribution < 1.29 is 19.1 Å². The van der Waals surface area contributed by atoms with Gasteiger partial charge in [-0.25, -0.2) is 0 Å². The van der Waals surface area contributed by atoms with Gasteiger partial charge >= 0.3 is 0 Å². The van der Waals surface area contributed by atoms with E-state index >= 15 is 0 Å². The lowest BCUT2D eigenvalue weighted by Gasteiger charge is -2.21. The van der Waals surface area contributed by atoms with E-state index in [4.69, 9.17) is 9.47 Å². The van der Waals surface area contributed by atoms with Crippen molar-refractivity contribution in [2.45, 2.75) is 20.3 Å². The first-order chi connectivity index (χ1) is 12.1. The van der Waals surface area contributed by atoms with Crippen LogP contribution in [-0.2, 0) is 16.0 Å². The van der Waals surface area contributed by atoms with Crippen molar-refractivity contribution >= 4 is 23.2 Å². The van der Waals surface area contributed by atoms with Gasteiger partial charge in [-0.2, -0.15) is 0 Å². The Hall–Kier alpha value is -3.02. The Morgan fingerprint density at radius 3 is 2.64 bits per heavy atom. The van der Waals surface area contributed by atoms with Gasteiger partial charge in [-0.05, 0) is 30.2 Å². The summed E-state index contributed by atoms with van der Waals surface area (Å²) in [5.41, 5.74) is 2.41. The number of hydrogen-bond donors (Lipinski definition) is 1. The number of aryl methyl sites for hydroxylation is 1. The Labute approximate surface area is 146 Å². The van der Waals surface area contributed by atoms with Crippen molar-refractivity contribution in [3.63, 3.8) is 0 Å². The van der Waals surface area contributed by atoms with Crippen LogP contribution in [0.15, 0.2) is 42.5 Å². The zero-order valence-corrected chi connectivity index (χ0v) is 14.2. The van der Waals surface area contributed by atoms with Gasteiger partial charge in [0.1, 0.15) is 6.54 Å². The van der Waals surface area contributed by atoms with E-state index in [-0.39, 0.29) is 25.2 Å². The van der Waals surface area contributed by atoms with Crippen LogP contribution in [0.4, 0.5) is 11.4 Å². The Balaban J connectivity index is 1.76. The van der Waals surface area contributed by atoms with Gasteiger partial charge in [0.15, 0.2) is 11.5 Å². The molecule has 1 N–H and O–H groups in total. The molecule has 6 heteroatoms. The molecule has 0 saturated carbocycles. The molecule has 0 unspecified atom stereocenters. The summed E-state index contributed by atoms with van der Waals surface area (Å²) in [4.78, 5) is 25.9. The summed E-state index contributed by atoms with van der Waals surface area (Å²) in [6.07, 6.45) is 0.815. The van der Waals surface area contributed by atoms with E-state index in [9.17, 15) is 9.59 Å². The largest absolute Gasteiger partial charge is 0.454 e. The topological polar surface area (TPSA) is 67.9 Å². The summed E-state index contributed by atoms with van der Waals surface area (Å²) < 4.78 is 10.6. The van der Waals surface area contributed by atoms with E-state index in [1.54, 1.807) is 18.2 Å². The summed E-state index contributed by atoms with van der Waals surface area (Å²) in [5, 5.41) is 2.88. The molecular formula is C19H20N2O4. The average Bonchev–Trinajstić information content (AvgIpc) is 3.07. The minimum atomic E-state index is -0.256. The normalized spacial score (nSPS) is 11.9. The maximum absolute atomic E-state index is 12.4. The molecule has 0 atom stereocenters. The first-order valence-electron chi connectivity index (χ1n) is 8.14. The number of fused-ring (bicyclic) bond motifs is 1. The SMILES string of the molecule is CCc1ccccc1NC(=O)CN(C(C)=O)c1ccc2c(c1)OCO2. The zero-order valence-electron chi connectivity index (χ0n) is 14.2. The number of nitrogens with one attached hydrogen (secondary N) is 1. The second-order valence-electron chi connectivity index (χ2n) is 5.70. The summed E-state index contributed by atoms with van der Waals surface area (Å²) in [5.74, 6) is 0.723. The number of nitrogens with zero attached hydrogens (tertiary/aromatic N) is 1. The minimum absolute atomic E-state index is 0.0764. The van der Waals surface area contributed by atoms with E-state index in [0.717, 1.165) is 17.7 Å². The highest BCUT2D eigenvalue weighted by molar-refractivity contribution is 6.02. The molecule has 1 aliphatic heterocycles. The Morgan fingerprint density at radius 1 is 1.12 bits per heavy atom. The van der Waals surface area contributed by atoms with Gasteiger partial charge in [-0.1, -0.05) is 25.1 Å². The van der Waals surface area contributed by atoms with Gasteiger partial charge in [0.2, 0.25) is 18.6 Å². The predicted molar refractivity (Wildman–Crippen MR) is 95.0 cm³/mol. The van der Waals surface area contributed by atoms with E-state index in [1.165, 1.54) is 11.8 Å². The number of ether oxygens (including phenoxy) is 2. The fourth-order valence-corrected chi connectivity index (χ4v) is 2.72. The van der Waals surface area contributed by atoms with E-state index in [1.807, 2.05) is 31.2 Å². The Kier molecular flexibility index (Phi) is 4.88. The van der Waals surface area contributed by atoms with Gasteiger partial charge in [0.25, 0.3) is 0 Å². The lowest BCUT2D eigenvalue weighted by molar-refractivity contribution is -0.120. The maximum atomic E-state index is 12.4. The number of hydrogen-bond acceptors (Lipinski definition) is 4. The monoisotopic (exact) mass is 340 g/mol. The molecule has 25 heavy (non-hydrogen) atoms. The second-order valence-corrected chi connectivity index (χ2v) is 5.70. The van der Waals surface area contributed by atoms with Gasteiger partial charge in [0.05, 0.1) is 0 Å². The minimum Gasteiger partial charge on any atom is -0.454 e. The smallest absolute Gasteiger partial charge is 0.244 e. The first-order valence-corrected chi connectivity index (χ1v) is 8.14. The van der Waals surface area contributed by atoms with Crippen LogP contribution in [0.2, 0.25) is 0 Å². The molecule has 1 heterocycles. The van der Waals surface area contributed by atoms with Crippen LogP contribution in [-0.4, -0.2) is 25.2 Å². The fraction of sp³-hybridized carbons (Fsp3) is 0.263. The van der Waals surface area contributed by atoms with E-state index in [2.05, 4.69) is 5.32 Å². The summed E-state index contributed by atoms with van der Waals surface area (Å²) in [6.45, 7) is 3.54. The van der Waals surface area contributed by atoms with Crippen LogP contribution < -0.4 is 19.7 Å². The molecule has 130 valence electrons. The quantitative estimate of drug-likeness (QED) is 0.909. The van der Waals surface area contributed by atoms with Crippen molar-refractivity contribution in [2.24, 2.45) is 0 Å². The molecule has 1 aliphatic rings. The van der Waals surface area contributed by atoms with Crippen LogP contribution in [0.25, 0.3) is 0 Å². The summed E-state index contributed by atoms with van der Waals surface area (Å²) in [6, 6.07) is 12.8. The van der Waals surface area contributed by atoms with Crippen molar-refractivity contribution in [1.29, 1.82) is 0 Å². The molecule has 2 amide bonds. The third-order valence-corrected chi connectivity index (χ3v) is 4.02. The number of anilines is 2. The summed E-state index contributed by atoms with van der Waals surface area (Å²) in [7, 11) is 0. The highest BCUT2D eigenvalue weighted by Gasteiger charge is 2.20. The lowest BCUT2D eigenvalue weighted by Crippen LogP contribution is -2.36. The van der Waals surface area contributed by atoms with Crippen molar-refractivity contribution in [3.05, 3.63) is 48.0 Å². The molecule has 0 fully saturated rings. The number of carbonyl (C=O) groups is 2. The number of rotatable bonds is 5. The van der Waals surface area contributed by atoms with Crippen molar-refractivity contribution in [3.8, 4) is 11.5 Å². The molecular weight excluding hydrogens is 320 g/mol. The highest BCUT2D eigenvalue weighted by atomic mass is 16.7. The third kappa shape index (κ3) is 3.74. The average molecular weight is 340 g/mol. The number of amides is 2. The lowest BCUT2D eigenvalue weighted by atomic mass is 10.1. The van der Waals surface area contributed by atoms with Gasteiger partial charge in [-0.15, -0.1) is 0 Å². The fourth-order valence-electron chi connectivity index (χ4n) is 2.72. The molecule has 6 nitrogen and oxygen atoms in total. The van der Waals surface area contributed by atoms with Crippen LogP contribution in [0, 0.1) is 0 Å². The van der Waals surface area contributed by atoms with Crippen molar-refractivity contribution in [1.82, 2.24) is 0 Å². The molecule has 3 rings (SSSR count). The van der Waals surface area contributed by atoms with E-state index in [0.29, 0.717) is 17.2 Å². The second kappa shape index (κ2) is 7.25. The molecule has 0 aliphatic carbocycles. The number of benzene rings is 2. The zero-order chi connectivity index (χ0) is 17.8. The molecule has 0 spiro atoms. The first kappa shape index (κ1) is 16.8. The molecule has 0 aromatic heterocycles. The molecule has 2 aromatic carbocycles. The highest BCUT2D eigenvalue weighted by Crippen LogP contribution is 2.35. The van der Waals surface area contributed by atoms with Crippen LogP contribution in [0.3, 0.4) is 0 Å². The van der Waals surface area contributed by atoms with Crippen LogP contribution >= 0.6 is 0 Å². The predicted octanol–water partition coefficient (Wildman–Crippen LogP) is 2.97. The van der Waals surface area contributed by atoms with Gasteiger partial charge < -0.3 is 19.7 Å². The van der Waals surface area contributed by atoms with E-state index < -0.39 is 0 Å². The number of carbonyl (C=O) groups excluding carboxylic acids is 2.